The highest BCUT2D eigenvalue weighted by Gasteiger charge is 2.16. The van der Waals surface area contributed by atoms with Crippen molar-refractivity contribution in [2.24, 2.45) is 5.16 Å². The van der Waals surface area contributed by atoms with Crippen LogP contribution in [-0.4, -0.2) is 22.8 Å². The van der Waals surface area contributed by atoms with Crippen molar-refractivity contribution in [1.29, 1.82) is 0 Å². The number of rotatable bonds is 3. The fourth-order valence-corrected chi connectivity index (χ4v) is 1.09. The van der Waals surface area contributed by atoms with Gasteiger partial charge < -0.3 is 15.1 Å². The number of benzene rings is 1. The van der Waals surface area contributed by atoms with E-state index in [2.05, 4.69) is 5.16 Å². The van der Waals surface area contributed by atoms with Crippen molar-refractivity contribution in [2.45, 2.75) is 13.0 Å². The summed E-state index contributed by atoms with van der Waals surface area (Å²) >= 11 is 0. The van der Waals surface area contributed by atoms with Crippen LogP contribution in [0.1, 0.15) is 18.6 Å². The van der Waals surface area contributed by atoms with Crippen LogP contribution in [0.25, 0.3) is 0 Å². The van der Waals surface area contributed by atoms with Crippen molar-refractivity contribution in [3.8, 4) is 0 Å². The van der Waals surface area contributed by atoms with Gasteiger partial charge in [-0.3, -0.25) is 0 Å². The van der Waals surface area contributed by atoms with Gasteiger partial charge in [-0.2, -0.15) is 0 Å². The van der Waals surface area contributed by atoms with E-state index in [-0.39, 0.29) is 5.90 Å². The Kier molecular flexibility index (Phi) is 3.94. The number of ether oxygens (including phenoxy) is 1. The highest BCUT2D eigenvalue weighted by atomic mass is 16.5. The molecule has 1 rings (SSSR count). The van der Waals surface area contributed by atoms with Gasteiger partial charge in [0.05, 0.1) is 6.61 Å². The van der Waals surface area contributed by atoms with E-state index >= 15 is 0 Å². The third-order valence-corrected chi connectivity index (χ3v) is 1.74. The van der Waals surface area contributed by atoms with Crippen LogP contribution in [-0.2, 0) is 4.74 Å². The first-order valence-corrected chi connectivity index (χ1v) is 4.37. The lowest BCUT2D eigenvalue weighted by molar-refractivity contribution is 0.173. The Hall–Kier alpha value is -1.55. The Balaban J connectivity index is 2.78. The summed E-state index contributed by atoms with van der Waals surface area (Å²) in [5, 5.41) is 21.2. The number of aliphatic hydroxyl groups is 1. The van der Waals surface area contributed by atoms with E-state index in [0.717, 1.165) is 0 Å². The lowest BCUT2D eigenvalue weighted by Crippen LogP contribution is -2.15. The van der Waals surface area contributed by atoms with E-state index in [1.165, 1.54) is 0 Å². The predicted octanol–water partition coefficient (Wildman–Crippen LogP) is 1.54. The van der Waals surface area contributed by atoms with Gasteiger partial charge in [0.25, 0.3) is 5.90 Å². The number of oxime groups is 1. The van der Waals surface area contributed by atoms with Crippen molar-refractivity contribution >= 4 is 5.90 Å². The molecule has 0 saturated heterocycles. The Morgan fingerprint density at radius 1 is 1.43 bits per heavy atom. The molecule has 1 aromatic rings. The van der Waals surface area contributed by atoms with Gasteiger partial charge in [0.15, 0.2) is 6.10 Å². The van der Waals surface area contributed by atoms with Crippen LogP contribution in [0.4, 0.5) is 0 Å². The third kappa shape index (κ3) is 2.47. The average molecular weight is 195 g/mol. The predicted molar refractivity (Wildman–Crippen MR) is 52.2 cm³/mol. The second-order valence-corrected chi connectivity index (χ2v) is 2.68. The SMILES string of the molecule is CCOC(=NO)C(O)c1ccccc1. The second-order valence-electron chi connectivity index (χ2n) is 2.68. The normalized spacial score (nSPS) is 13.7. The molecule has 0 bridgehead atoms. The molecule has 0 aliphatic rings. The van der Waals surface area contributed by atoms with E-state index in [1.807, 2.05) is 6.07 Å². The quantitative estimate of drug-likeness (QED) is 0.333. The molecule has 2 N–H and O–H groups in total. The summed E-state index contributed by atoms with van der Waals surface area (Å²) in [5.74, 6) is -0.0845. The summed E-state index contributed by atoms with van der Waals surface area (Å²) in [6, 6.07) is 8.88. The molecule has 0 fully saturated rings. The molecule has 0 amide bonds. The minimum absolute atomic E-state index is 0.0845. The summed E-state index contributed by atoms with van der Waals surface area (Å²) in [6.07, 6.45) is -1.01. The Morgan fingerprint density at radius 2 is 2.07 bits per heavy atom. The molecule has 0 heterocycles. The van der Waals surface area contributed by atoms with Crippen molar-refractivity contribution in [1.82, 2.24) is 0 Å². The standard InChI is InChI=1S/C10H13NO3/c1-2-14-10(11-13)9(12)8-6-4-3-5-7-8/h3-7,9,12-13H,2H2,1H3. The molecule has 0 aliphatic carbocycles. The summed E-state index contributed by atoms with van der Waals surface area (Å²) < 4.78 is 4.96. The maximum Gasteiger partial charge on any atom is 0.259 e. The second kappa shape index (κ2) is 5.24. The fraction of sp³-hybridized carbons (Fsp3) is 0.300. The summed E-state index contributed by atoms with van der Waals surface area (Å²) in [6.45, 7) is 2.10. The molecule has 0 saturated carbocycles. The number of aliphatic hydroxyl groups excluding tert-OH is 1. The van der Waals surface area contributed by atoms with Crippen LogP contribution in [0.5, 0.6) is 0 Å². The van der Waals surface area contributed by atoms with E-state index < -0.39 is 6.10 Å². The zero-order chi connectivity index (χ0) is 10.4. The smallest absolute Gasteiger partial charge is 0.259 e. The average Bonchev–Trinajstić information content (AvgIpc) is 2.26. The minimum Gasteiger partial charge on any atom is -0.477 e. The van der Waals surface area contributed by atoms with Gasteiger partial charge in [0.2, 0.25) is 0 Å². The van der Waals surface area contributed by atoms with E-state index in [9.17, 15) is 5.11 Å². The van der Waals surface area contributed by atoms with Crippen LogP contribution in [0.15, 0.2) is 35.5 Å². The van der Waals surface area contributed by atoms with Crippen LogP contribution >= 0.6 is 0 Å². The van der Waals surface area contributed by atoms with Gasteiger partial charge >= 0.3 is 0 Å². The van der Waals surface area contributed by atoms with Crippen LogP contribution < -0.4 is 0 Å². The topological polar surface area (TPSA) is 62.0 Å². The first kappa shape index (κ1) is 10.5. The Morgan fingerprint density at radius 3 is 2.57 bits per heavy atom. The third-order valence-electron chi connectivity index (χ3n) is 1.74. The van der Waals surface area contributed by atoms with Gasteiger partial charge in [0, 0.05) is 0 Å². The summed E-state index contributed by atoms with van der Waals surface area (Å²) in [7, 11) is 0. The van der Waals surface area contributed by atoms with Gasteiger partial charge in [-0.05, 0) is 12.5 Å². The minimum atomic E-state index is -1.01. The zero-order valence-electron chi connectivity index (χ0n) is 7.92. The van der Waals surface area contributed by atoms with Gasteiger partial charge in [-0.25, -0.2) is 0 Å². The molecular weight excluding hydrogens is 182 g/mol. The Bertz CT molecular complexity index is 297. The summed E-state index contributed by atoms with van der Waals surface area (Å²) in [4.78, 5) is 0. The maximum absolute atomic E-state index is 9.70. The molecule has 76 valence electrons. The van der Waals surface area contributed by atoms with Crippen molar-refractivity contribution in [3.63, 3.8) is 0 Å². The van der Waals surface area contributed by atoms with Crippen LogP contribution in [0.3, 0.4) is 0 Å². The Labute approximate surface area is 82.4 Å². The van der Waals surface area contributed by atoms with Crippen LogP contribution in [0.2, 0.25) is 0 Å². The largest absolute Gasteiger partial charge is 0.477 e. The molecule has 4 heteroatoms. The van der Waals surface area contributed by atoms with Crippen molar-refractivity contribution < 1.29 is 15.1 Å². The molecule has 0 aromatic heterocycles. The van der Waals surface area contributed by atoms with Crippen molar-refractivity contribution in [3.05, 3.63) is 35.9 Å². The fourth-order valence-electron chi connectivity index (χ4n) is 1.09. The van der Waals surface area contributed by atoms with Crippen LogP contribution in [0, 0.1) is 0 Å². The van der Waals surface area contributed by atoms with Gasteiger partial charge in [-0.15, -0.1) is 0 Å². The van der Waals surface area contributed by atoms with Crippen molar-refractivity contribution in [2.75, 3.05) is 6.61 Å². The van der Waals surface area contributed by atoms with E-state index in [0.29, 0.717) is 12.2 Å². The van der Waals surface area contributed by atoms with Gasteiger partial charge in [-0.1, -0.05) is 35.5 Å². The molecule has 14 heavy (non-hydrogen) atoms. The molecule has 0 spiro atoms. The molecule has 1 atom stereocenters. The maximum atomic E-state index is 9.70. The lowest BCUT2D eigenvalue weighted by atomic mass is 10.1. The summed E-state index contributed by atoms with van der Waals surface area (Å²) in [5.41, 5.74) is 0.633. The highest BCUT2D eigenvalue weighted by molar-refractivity contribution is 5.81. The number of hydrogen-bond acceptors (Lipinski definition) is 4. The van der Waals surface area contributed by atoms with E-state index in [4.69, 9.17) is 9.94 Å². The van der Waals surface area contributed by atoms with E-state index in [1.54, 1.807) is 31.2 Å². The first-order chi connectivity index (χ1) is 6.79. The first-order valence-electron chi connectivity index (χ1n) is 4.37. The number of nitrogens with zero attached hydrogens (tertiary/aromatic N) is 1. The highest BCUT2D eigenvalue weighted by Crippen LogP contribution is 2.14. The molecule has 4 nitrogen and oxygen atoms in total. The monoisotopic (exact) mass is 195 g/mol. The van der Waals surface area contributed by atoms with Gasteiger partial charge in [0.1, 0.15) is 0 Å². The number of hydrogen-bond donors (Lipinski definition) is 2. The molecule has 0 radical (unpaired) electrons. The lowest BCUT2D eigenvalue weighted by Gasteiger charge is -2.12. The molecule has 1 unspecified atom stereocenters. The molecule has 1 aromatic carbocycles. The molecule has 0 aliphatic heterocycles. The molecular formula is C10H13NO3. The zero-order valence-corrected chi connectivity index (χ0v) is 7.92.